The van der Waals surface area contributed by atoms with Crippen LogP contribution in [0.3, 0.4) is 0 Å². The van der Waals surface area contributed by atoms with Crippen molar-refractivity contribution < 1.29 is 13.2 Å². The Bertz CT molecular complexity index is 928. The van der Waals surface area contributed by atoms with E-state index in [0.717, 1.165) is 16.8 Å². The number of nitrogens with zero attached hydrogens (tertiary/aromatic N) is 2. The number of anilines is 1. The average Bonchev–Trinajstić information content (AvgIpc) is 3.01. The van der Waals surface area contributed by atoms with Gasteiger partial charge >= 0.3 is 0 Å². The lowest BCUT2D eigenvalue weighted by atomic mass is 10.1. The normalized spacial score (nSPS) is 18.2. The lowest BCUT2D eigenvalue weighted by Crippen LogP contribution is -2.36. The quantitative estimate of drug-likeness (QED) is 0.823. The van der Waals surface area contributed by atoms with Gasteiger partial charge in [0.05, 0.1) is 29.0 Å². The van der Waals surface area contributed by atoms with Gasteiger partial charge in [-0.15, -0.1) is 0 Å². The predicted molar refractivity (Wildman–Crippen MR) is 107 cm³/mol. The number of pyridine rings is 1. The van der Waals surface area contributed by atoms with Gasteiger partial charge in [0.25, 0.3) is 5.91 Å². The molecule has 0 saturated carbocycles. The Morgan fingerprint density at radius 2 is 2.07 bits per heavy atom. The maximum Gasteiger partial charge on any atom is 0.253 e. The molecule has 1 fully saturated rings. The van der Waals surface area contributed by atoms with Crippen LogP contribution >= 0.6 is 0 Å². The van der Waals surface area contributed by atoms with Gasteiger partial charge in [-0.25, -0.2) is 8.42 Å². The summed E-state index contributed by atoms with van der Waals surface area (Å²) >= 11 is 0. The molecule has 1 atom stereocenters. The van der Waals surface area contributed by atoms with E-state index in [1.165, 1.54) is 6.20 Å². The van der Waals surface area contributed by atoms with Crippen LogP contribution in [0.4, 0.5) is 5.69 Å². The highest BCUT2D eigenvalue weighted by atomic mass is 32.2. The Labute approximate surface area is 160 Å². The summed E-state index contributed by atoms with van der Waals surface area (Å²) in [6.45, 7) is 5.11. The molecule has 1 saturated heterocycles. The average molecular weight is 388 g/mol. The lowest BCUT2D eigenvalue weighted by Gasteiger charge is -2.29. The van der Waals surface area contributed by atoms with Crippen LogP contribution in [0.1, 0.15) is 34.8 Å². The summed E-state index contributed by atoms with van der Waals surface area (Å²) in [6.07, 6.45) is 3.84. The molecule has 0 spiro atoms. The van der Waals surface area contributed by atoms with E-state index in [0.29, 0.717) is 25.1 Å². The zero-order chi connectivity index (χ0) is 19.4. The molecule has 3 rings (SSSR count). The molecule has 1 unspecified atom stereocenters. The highest BCUT2D eigenvalue weighted by Gasteiger charge is 2.32. The van der Waals surface area contributed by atoms with Crippen molar-refractivity contribution in [3.63, 3.8) is 0 Å². The first-order valence-electron chi connectivity index (χ1n) is 9.14. The Morgan fingerprint density at radius 1 is 1.30 bits per heavy atom. The van der Waals surface area contributed by atoms with Gasteiger partial charge in [-0.2, -0.15) is 0 Å². The van der Waals surface area contributed by atoms with E-state index in [2.05, 4.69) is 10.3 Å². The zero-order valence-electron chi connectivity index (χ0n) is 15.7. The number of carbonyl (C=O) groups excluding carboxylic acids is 1. The highest BCUT2D eigenvalue weighted by molar-refractivity contribution is 7.91. The zero-order valence-corrected chi connectivity index (χ0v) is 16.5. The van der Waals surface area contributed by atoms with Gasteiger partial charge in [0.15, 0.2) is 9.84 Å². The van der Waals surface area contributed by atoms with E-state index in [1.807, 2.05) is 43.0 Å². The van der Waals surface area contributed by atoms with Gasteiger partial charge < -0.3 is 10.2 Å². The van der Waals surface area contributed by atoms with Crippen LogP contribution in [0, 0.1) is 6.92 Å². The number of carbonyl (C=O) groups is 1. The van der Waals surface area contributed by atoms with Gasteiger partial charge in [-0.05, 0) is 37.5 Å². The fraction of sp³-hybridized carbons (Fsp3) is 0.400. The van der Waals surface area contributed by atoms with Crippen LogP contribution in [-0.4, -0.2) is 43.4 Å². The van der Waals surface area contributed by atoms with E-state index in [-0.39, 0.29) is 23.5 Å². The molecule has 1 aromatic heterocycles. The van der Waals surface area contributed by atoms with Crippen LogP contribution in [0.15, 0.2) is 42.7 Å². The first kappa shape index (κ1) is 19.4. The fourth-order valence-corrected chi connectivity index (χ4v) is 5.20. The molecule has 144 valence electrons. The summed E-state index contributed by atoms with van der Waals surface area (Å²) < 4.78 is 23.6. The van der Waals surface area contributed by atoms with Crippen LogP contribution in [0.25, 0.3) is 0 Å². The standard InChI is InChI=1S/C20H25N3O3S/c1-3-23(18-8-9-27(25,26)14-18)19-10-17(11-21-13-19)20(24)22-12-16-7-5-4-6-15(16)2/h4-7,10-11,13,18H,3,8-9,12,14H2,1-2H3,(H,22,24). The topological polar surface area (TPSA) is 79.4 Å². The minimum absolute atomic E-state index is 0.0629. The molecule has 7 heteroatoms. The van der Waals surface area contributed by atoms with Crippen molar-refractivity contribution in [2.24, 2.45) is 0 Å². The summed E-state index contributed by atoms with van der Waals surface area (Å²) in [6, 6.07) is 9.64. The maximum atomic E-state index is 12.6. The van der Waals surface area contributed by atoms with Gasteiger partial charge in [0.1, 0.15) is 0 Å². The van der Waals surface area contributed by atoms with Crippen LogP contribution in [0.2, 0.25) is 0 Å². The van der Waals surface area contributed by atoms with Gasteiger partial charge in [0.2, 0.25) is 0 Å². The van der Waals surface area contributed by atoms with Gasteiger partial charge in [-0.3, -0.25) is 9.78 Å². The van der Waals surface area contributed by atoms with Crippen LogP contribution in [-0.2, 0) is 16.4 Å². The van der Waals surface area contributed by atoms with Crippen LogP contribution < -0.4 is 10.2 Å². The second-order valence-electron chi connectivity index (χ2n) is 6.88. The summed E-state index contributed by atoms with van der Waals surface area (Å²) in [7, 11) is -2.97. The molecule has 1 amide bonds. The molecule has 0 bridgehead atoms. The Hall–Kier alpha value is -2.41. The number of hydrogen-bond acceptors (Lipinski definition) is 5. The number of hydrogen-bond donors (Lipinski definition) is 1. The molecule has 1 aliphatic rings. The second-order valence-corrected chi connectivity index (χ2v) is 9.11. The summed E-state index contributed by atoms with van der Waals surface area (Å²) in [5.74, 6) is 0.186. The van der Waals surface area contributed by atoms with E-state index in [9.17, 15) is 13.2 Å². The molecule has 6 nitrogen and oxygen atoms in total. The first-order chi connectivity index (χ1) is 12.9. The molecule has 2 aromatic rings. The van der Waals surface area contributed by atoms with E-state index in [4.69, 9.17) is 0 Å². The van der Waals surface area contributed by atoms with Gasteiger partial charge in [0, 0.05) is 25.3 Å². The molecule has 0 aliphatic carbocycles. The van der Waals surface area contributed by atoms with Crippen molar-refractivity contribution in [3.05, 3.63) is 59.4 Å². The van der Waals surface area contributed by atoms with Gasteiger partial charge in [-0.1, -0.05) is 24.3 Å². The van der Waals surface area contributed by atoms with Crippen molar-refractivity contribution in [1.29, 1.82) is 0 Å². The lowest BCUT2D eigenvalue weighted by molar-refractivity contribution is 0.0950. The molecule has 1 aromatic carbocycles. The number of amides is 1. The van der Waals surface area contributed by atoms with E-state index >= 15 is 0 Å². The molecule has 1 aliphatic heterocycles. The Balaban J connectivity index is 1.72. The molecule has 2 heterocycles. The molecular formula is C20H25N3O3S. The molecule has 1 N–H and O–H groups in total. The van der Waals surface area contributed by atoms with E-state index in [1.54, 1.807) is 12.3 Å². The Morgan fingerprint density at radius 3 is 2.74 bits per heavy atom. The SMILES string of the molecule is CCN(c1cncc(C(=O)NCc2ccccc2C)c1)C1CCS(=O)(=O)C1. The third-order valence-corrected chi connectivity index (χ3v) is 6.76. The smallest absolute Gasteiger partial charge is 0.253 e. The monoisotopic (exact) mass is 387 g/mol. The Kier molecular flexibility index (Phi) is 5.79. The third-order valence-electron chi connectivity index (χ3n) is 5.01. The summed E-state index contributed by atoms with van der Waals surface area (Å²) in [4.78, 5) is 18.8. The number of benzene rings is 1. The highest BCUT2D eigenvalue weighted by Crippen LogP contribution is 2.24. The van der Waals surface area contributed by atoms with Crippen LogP contribution in [0.5, 0.6) is 0 Å². The maximum absolute atomic E-state index is 12.6. The molecular weight excluding hydrogens is 362 g/mol. The number of aryl methyl sites for hydroxylation is 1. The summed E-state index contributed by atoms with van der Waals surface area (Å²) in [5, 5.41) is 2.93. The molecule has 27 heavy (non-hydrogen) atoms. The van der Waals surface area contributed by atoms with Crippen molar-refractivity contribution in [1.82, 2.24) is 10.3 Å². The predicted octanol–water partition coefficient (Wildman–Crippen LogP) is 2.33. The van der Waals surface area contributed by atoms with E-state index < -0.39 is 9.84 Å². The summed E-state index contributed by atoms with van der Waals surface area (Å²) in [5.41, 5.74) is 3.45. The minimum Gasteiger partial charge on any atom is -0.367 e. The number of nitrogens with one attached hydrogen (secondary N) is 1. The van der Waals surface area contributed by atoms with Crippen molar-refractivity contribution >= 4 is 21.4 Å². The third kappa shape index (κ3) is 4.66. The number of sulfone groups is 1. The first-order valence-corrected chi connectivity index (χ1v) is 11.0. The van der Waals surface area contributed by atoms with Crippen molar-refractivity contribution in [3.8, 4) is 0 Å². The fourth-order valence-electron chi connectivity index (χ4n) is 3.47. The van der Waals surface area contributed by atoms with Crippen molar-refractivity contribution in [2.75, 3.05) is 23.0 Å². The molecule has 0 radical (unpaired) electrons. The largest absolute Gasteiger partial charge is 0.367 e. The number of aromatic nitrogens is 1. The van der Waals surface area contributed by atoms with Crippen molar-refractivity contribution in [2.45, 2.75) is 32.9 Å². The number of rotatable bonds is 6. The second kappa shape index (κ2) is 8.08. The minimum atomic E-state index is -2.97.